The minimum atomic E-state index is -0.892. The molecule has 1 rings (SSSR count). The number of hydrogen-bond acceptors (Lipinski definition) is 1. The fourth-order valence-electron chi connectivity index (χ4n) is 1.35. The standard InChI is InChI=1S/C11H16BrNO2/c1-7(11(2,3)4)13-6-8(12)5-9(13)10(14)15/h5-7H,1-4H3,(H,14,15). The molecule has 1 heterocycles. The molecule has 0 aliphatic rings. The Labute approximate surface area is 98.2 Å². The van der Waals surface area contributed by atoms with Gasteiger partial charge in [-0.05, 0) is 34.3 Å². The Balaban J connectivity index is 3.19. The van der Waals surface area contributed by atoms with Gasteiger partial charge in [-0.25, -0.2) is 4.79 Å². The molecular weight excluding hydrogens is 258 g/mol. The summed E-state index contributed by atoms with van der Waals surface area (Å²) in [6, 6.07) is 1.76. The summed E-state index contributed by atoms with van der Waals surface area (Å²) >= 11 is 3.30. The molecule has 84 valence electrons. The fraction of sp³-hybridized carbons (Fsp3) is 0.545. The van der Waals surface area contributed by atoms with Crippen molar-refractivity contribution in [3.8, 4) is 0 Å². The number of aromatic nitrogens is 1. The summed E-state index contributed by atoms with van der Waals surface area (Å²) in [7, 11) is 0. The third-order valence-electron chi connectivity index (χ3n) is 2.70. The zero-order valence-electron chi connectivity index (χ0n) is 9.41. The summed E-state index contributed by atoms with van der Waals surface area (Å²) < 4.78 is 2.60. The van der Waals surface area contributed by atoms with Gasteiger partial charge < -0.3 is 9.67 Å². The Kier molecular flexibility index (Phi) is 3.28. The number of nitrogens with zero attached hydrogens (tertiary/aromatic N) is 1. The second-order valence-electron chi connectivity index (χ2n) is 4.80. The number of carbonyl (C=O) groups is 1. The smallest absolute Gasteiger partial charge is 0.352 e. The van der Waals surface area contributed by atoms with Gasteiger partial charge in [0.25, 0.3) is 0 Å². The van der Waals surface area contributed by atoms with E-state index < -0.39 is 5.97 Å². The van der Waals surface area contributed by atoms with E-state index in [0.29, 0.717) is 5.69 Å². The van der Waals surface area contributed by atoms with Crippen molar-refractivity contribution in [1.29, 1.82) is 0 Å². The summed E-state index contributed by atoms with van der Waals surface area (Å²) in [5, 5.41) is 9.05. The molecule has 1 aromatic rings. The molecule has 0 saturated carbocycles. The van der Waals surface area contributed by atoms with Crippen molar-refractivity contribution in [3.63, 3.8) is 0 Å². The molecule has 1 N–H and O–H groups in total. The van der Waals surface area contributed by atoms with E-state index in [4.69, 9.17) is 5.11 Å². The molecule has 0 fully saturated rings. The first-order valence-corrected chi connectivity index (χ1v) is 5.63. The minimum Gasteiger partial charge on any atom is -0.477 e. The van der Waals surface area contributed by atoms with Gasteiger partial charge in [0, 0.05) is 16.7 Å². The third kappa shape index (κ3) is 2.62. The van der Waals surface area contributed by atoms with E-state index in [0.717, 1.165) is 4.47 Å². The number of carboxylic acids is 1. The summed E-state index contributed by atoms with van der Waals surface area (Å²) in [4.78, 5) is 11.0. The van der Waals surface area contributed by atoms with Crippen molar-refractivity contribution in [3.05, 3.63) is 22.4 Å². The second kappa shape index (κ2) is 4.00. The Bertz CT molecular complexity index is 376. The van der Waals surface area contributed by atoms with E-state index in [1.54, 1.807) is 10.6 Å². The van der Waals surface area contributed by atoms with Crippen LogP contribution in [0.25, 0.3) is 0 Å². The number of aromatic carboxylic acids is 1. The monoisotopic (exact) mass is 273 g/mol. The van der Waals surface area contributed by atoms with Crippen molar-refractivity contribution < 1.29 is 9.90 Å². The molecule has 0 amide bonds. The van der Waals surface area contributed by atoms with Gasteiger partial charge in [-0.3, -0.25) is 0 Å². The molecule has 0 radical (unpaired) electrons. The Morgan fingerprint density at radius 1 is 1.53 bits per heavy atom. The lowest BCUT2D eigenvalue weighted by atomic mass is 9.88. The zero-order valence-corrected chi connectivity index (χ0v) is 11.0. The van der Waals surface area contributed by atoms with E-state index >= 15 is 0 Å². The first kappa shape index (κ1) is 12.3. The molecule has 3 nitrogen and oxygen atoms in total. The molecule has 15 heavy (non-hydrogen) atoms. The van der Waals surface area contributed by atoms with E-state index in [9.17, 15) is 4.79 Å². The van der Waals surface area contributed by atoms with Crippen molar-refractivity contribution in [2.24, 2.45) is 5.41 Å². The molecule has 0 aliphatic heterocycles. The maximum atomic E-state index is 11.0. The van der Waals surface area contributed by atoms with Crippen molar-refractivity contribution in [1.82, 2.24) is 4.57 Å². The lowest BCUT2D eigenvalue weighted by molar-refractivity contribution is 0.0678. The average molecular weight is 274 g/mol. The topological polar surface area (TPSA) is 42.2 Å². The number of rotatable bonds is 2. The fourth-order valence-corrected chi connectivity index (χ4v) is 1.79. The van der Waals surface area contributed by atoms with Crippen LogP contribution < -0.4 is 0 Å². The van der Waals surface area contributed by atoms with Crippen LogP contribution in [0.4, 0.5) is 0 Å². The Morgan fingerprint density at radius 3 is 2.47 bits per heavy atom. The predicted molar refractivity (Wildman–Crippen MR) is 63.3 cm³/mol. The maximum Gasteiger partial charge on any atom is 0.352 e. The lowest BCUT2D eigenvalue weighted by Gasteiger charge is -2.29. The number of halogens is 1. The molecule has 0 saturated heterocycles. The van der Waals surface area contributed by atoms with Crippen LogP contribution in [-0.2, 0) is 0 Å². The minimum absolute atomic E-state index is 0.0304. The van der Waals surface area contributed by atoms with Crippen LogP contribution in [-0.4, -0.2) is 15.6 Å². The van der Waals surface area contributed by atoms with E-state index in [-0.39, 0.29) is 11.5 Å². The SMILES string of the molecule is CC(n1cc(Br)cc1C(=O)O)C(C)(C)C. The molecular formula is C11H16BrNO2. The van der Waals surface area contributed by atoms with Crippen LogP contribution in [0.3, 0.4) is 0 Å². The van der Waals surface area contributed by atoms with Crippen LogP contribution >= 0.6 is 15.9 Å². The van der Waals surface area contributed by atoms with Crippen LogP contribution in [0.5, 0.6) is 0 Å². The summed E-state index contributed by atoms with van der Waals surface area (Å²) in [6.45, 7) is 8.31. The number of hydrogen-bond donors (Lipinski definition) is 1. The Morgan fingerprint density at radius 2 is 2.07 bits per heavy atom. The first-order chi connectivity index (χ1) is 6.73. The summed E-state index contributed by atoms with van der Waals surface area (Å²) in [5.41, 5.74) is 0.354. The van der Waals surface area contributed by atoms with Crippen molar-refractivity contribution in [2.45, 2.75) is 33.7 Å². The molecule has 0 aliphatic carbocycles. The second-order valence-corrected chi connectivity index (χ2v) is 5.71. The number of carboxylic acid groups (broad SMARTS) is 1. The third-order valence-corrected chi connectivity index (χ3v) is 3.14. The molecule has 1 aromatic heterocycles. The van der Waals surface area contributed by atoms with Crippen LogP contribution in [0.2, 0.25) is 0 Å². The summed E-state index contributed by atoms with van der Waals surface area (Å²) in [5.74, 6) is -0.892. The van der Waals surface area contributed by atoms with Gasteiger partial charge in [0.05, 0.1) is 0 Å². The first-order valence-electron chi connectivity index (χ1n) is 4.84. The van der Waals surface area contributed by atoms with Gasteiger partial charge in [-0.1, -0.05) is 20.8 Å². The van der Waals surface area contributed by atoms with Crippen LogP contribution in [0.1, 0.15) is 44.2 Å². The maximum absolute atomic E-state index is 11.0. The van der Waals surface area contributed by atoms with Crippen LogP contribution in [0, 0.1) is 5.41 Å². The quantitative estimate of drug-likeness (QED) is 0.896. The molecule has 4 heteroatoms. The van der Waals surface area contributed by atoms with Gasteiger partial charge in [0.2, 0.25) is 0 Å². The molecule has 0 aromatic carbocycles. The molecule has 1 unspecified atom stereocenters. The average Bonchev–Trinajstić information content (AvgIpc) is 2.44. The van der Waals surface area contributed by atoms with Gasteiger partial charge in [-0.2, -0.15) is 0 Å². The van der Waals surface area contributed by atoms with Gasteiger partial charge in [0.15, 0.2) is 0 Å². The molecule has 0 bridgehead atoms. The highest BCUT2D eigenvalue weighted by atomic mass is 79.9. The lowest BCUT2D eigenvalue weighted by Crippen LogP contribution is -2.23. The van der Waals surface area contributed by atoms with Gasteiger partial charge >= 0.3 is 5.97 Å². The predicted octanol–water partition coefficient (Wildman–Crippen LogP) is 3.56. The highest BCUT2D eigenvalue weighted by Crippen LogP contribution is 2.32. The normalized spacial score (nSPS) is 13.9. The van der Waals surface area contributed by atoms with E-state index in [1.807, 2.05) is 13.1 Å². The summed E-state index contributed by atoms with van der Waals surface area (Å²) in [6.07, 6.45) is 1.82. The highest BCUT2D eigenvalue weighted by Gasteiger charge is 2.25. The van der Waals surface area contributed by atoms with E-state index in [2.05, 4.69) is 36.7 Å². The van der Waals surface area contributed by atoms with Gasteiger partial charge in [0.1, 0.15) is 5.69 Å². The van der Waals surface area contributed by atoms with Crippen molar-refractivity contribution in [2.75, 3.05) is 0 Å². The van der Waals surface area contributed by atoms with Gasteiger partial charge in [-0.15, -0.1) is 0 Å². The van der Waals surface area contributed by atoms with Crippen molar-refractivity contribution >= 4 is 21.9 Å². The zero-order chi connectivity index (χ0) is 11.8. The molecule has 0 spiro atoms. The molecule has 1 atom stereocenters. The van der Waals surface area contributed by atoms with Crippen LogP contribution in [0.15, 0.2) is 16.7 Å². The Hall–Kier alpha value is -0.770. The largest absolute Gasteiger partial charge is 0.477 e. The highest BCUT2D eigenvalue weighted by molar-refractivity contribution is 9.10. The van der Waals surface area contributed by atoms with E-state index in [1.165, 1.54) is 0 Å².